The summed E-state index contributed by atoms with van der Waals surface area (Å²) < 4.78 is 1.79. The molecule has 4 aromatic rings. The van der Waals surface area contributed by atoms with Gasteiger partial charge in [0.2, 0.25) is 0 Å². The highest BCUT2D eigenvalue weighted by Crippen LogP contribution is 2.36. The van der Waals surface area contributed by atoms with Crippen molar-refractivity contribution in [1.29, 1.82) is 0 Å². The molecule has 2 aromatic carbocycles. The molecule has 0 saturated heterocycles. The van der Waals surface area contributed by atoms with Crippen LogP contribution >= 0.6 is 23.1 Å². The molecule has 144 valence electrons. The Kier molecular flexibility index (Phi) is 5.08. The molecule has 1 aliphatic rings. The molecule has 0 amide bonds. The molecule has 0 saturated carbocycles. The molecule has 29 heavy (non-hydrogen) atoms. The molecule has 1 aliphatic carbocycles. The lowest BCUT2D eigenvalue weighted by Gasteiger charge is -2.11. The van der Waals surface area contributed by atoms with E-state index in [0.29, 0.717) is 0 Å². The van der Waals surface area contributed by atoms with Crippen LogP contribution in [0.4, 0.5) is 0 Å². The van der Waals surface area contributed by atoms with Crippen LogP contribution in [0.1, 0.15) is 22.4 Å². The summed E-state index contributed by atoms with van der Waals surface area (Å²) in [7, 11) is 0. The summed E-state index contributed by atoms with van der Waals surface area (Å²) in [4.78, 5) is 20.7. The molecule has 0 radical (unpaired) electrons. The smallest absolute Gasteiger partial charge is 0.267 e. The molecule has 0 N–H and O–H groups in total. The third kappa shape index (κ3) is 3.56. The highest BCUT2D eigenvalue weighted by atomic mass is 32.2. The van der Waals surface area contributed by atoms with Gasteiger partial charge >= 0.3 is 0 Å². The zero-order chi connectivity index (χ0) is 19.6. The Bertz CT molecular complexity index is 1240. The third-order valence-electron chi connectivity index (χ3n) is 5.14. The fraction of sp³-hybridized carbons (Fsp3) is 0.167. The minimum absolute atomic E-state index is 0.0649. The zero-order valence-corrected chi connectivity index (χ0v) is 17.5. The fourth-order valence-corrected chi connectivity index (χ4v) is 5.92. The first-order valence-corrected chi connectivity index (χ1v) is 11.6. The molecule has 5 heteroatoms. The number of thioether (sulfide) groups is 1. The fourth-order valence-electron chi connectivity index (χ4n) is 3.80. The Labute approximate surface area is 177 Å². The molecule has 0 atom stereocenters. The van der Waals surface area contributed by atoms with E-state index in [9.17, 15) is 4.79 Å². The summed E-state index contributed by atoms with van der Waals surface area (Å²) in [6.45, 7) is 0. The summed E-state index contributed by atoms with van der Waals surface area (Å²) >= 11 is 3.30. The van der Waals surface area contributed by atoms with Crippen molar-refractivity contribution in [3.63, 3.8) is 0 Å². The van der Waals surface area contributed by atoms with E-state index in [1.54, 1.807) is 27.7 Å². The Morgan fingerprint density at radius 3 is 2.59 bits per heavy atom. The van der Waals surface area contributed by atoms with Crippen LogP contribution in [0.3, 0.4) is 0 Å². The number of para-hydroxylation sites is 1. The van der Waals surface area contributed by atoms with Crippen molar-refractivity contribution in [2.24, 2.45) is 0 Å². The molecule has 0 aliphatic heterocycles. The Morgan fingerprint density at radius 2 is 1.79 bits per heavy atom. The topological polar surface area (TPSA) is 34.9 Å². The maximum Gasteiger partial charge on any atom is 0.267 e. The van der Waals surface area contributed by atoms with Crippen molar-refractivity contribution in [3.8, 4) is 5.69 Å². The van der Waals surface area contributed by atoms with Crippen molar-refractivity contribution in [2.45, 2.75) is 24.4 Å². The lowest BCUT2D eigenvalue weighted by atomic mass is 10.2. The van der Waals surface area contributed by atoms with Gasteiger partial charge in [-0.15, -0.1) is 11.3 Å². The van der Waals surface area contributed by atoms with Crippen LogP contribution in [0.25, 0.3) is 22.0 Å². The maximum atomic E-state index is 13.5. The van der Waals surface area contributed by atoms with Crippen LogP contribution in [0.15, 0.2) is 76.7 Å². The van der Waals surface area contributed by atoms with Gasteiger partial charge in [-0.2, -0.15) is 0 Å². The van der Waals surface area contributed by atoms with E-state index in [-0.39, 0.29) is 5.56 Å². The average molecular weight is 417 g/mol. The van der Waals surface area contributed by atoms with Gasteiger partial charge in [-0.1, -0.05) is 72.4 Å². The van der Waals surface area contributed by atoms with E-state index in [2.05, 4.69) is 24.3 Å². The van der Waals surface area contributed by atoms with Crippen molar-refractivity contribution >= 4 is 39.4 Å². The van der Waals surface area contributed by atoms with Crippen LogP contribution in [0, 0.1) is 0 Å². The second kappa shape index (κ2) is 8.01. The lowest BCUT2D eigenvalue weighted by Crippen LogP contribution is -2.21. The number of hydrogen-bond donors (Lipinski definition) is 0. The maximum absolute atomic E-state index is 13.5. The van der Waals surface area contributed by atoms with Crippen molar-refractivity contribution in [3.05, 3.63) is 93.1 Å². The van der Waals surface area contributed by atoms with Crippen LogP contribution in [-0.2, 0) is 12.8 Å². The minimum atomic E-state index is 0.0649. The average Bonchev–Trinajstić information content (AvgIpc) is 3.33. The SMILES string of the molecule is O=c1c2c3c(sc2nc(SC/C=C/c2ccccc2)n1-c1ccccc1)CCC3. The number of rotatable bonds is 5. The second-order valence-corrected chi connectivity index (χ2v) is 9.10. The number of aryl methyl sites for hydroxylation is 2. The molecule has 0 spiro atoms. The number of nitrogens with zero attached hydrogens (tertiary/aromatic N) is 2. The molecular weight excluding hydrogens is 396 g/mol. The van der Waals surface area contributed by atoms with E-state index in [0.717, 1.165) is 46.1 Å². The summed E-state index contributed by atoms with van der Waals surface area (Å²) in [6.07, 6.45) is 7.44. The first kappa shape index (κ1) is 18.4. The van der Waals surface area contributed by atoms with E-state index in [4.69, 9.17) is 4.98 Å². The van der Waals surface area contributed by atoms with Crippen LogP contribution in [0.2, 0.25) is 0 Å². The van der Waals surface area contributed by atoms with Gasteiger partial charge in [0.25, 0.3) is 5.56 Å². The van der Waals surface area contributed by atoms with Crippen LogP contribution < -0.4 is 5.56 Å². The monoisotopic (exact) mass is 416 g/mol. The molecule has 3 nitrogen and oxygen atoms in total. The summed E-state index contributed by atoms with van der Waals surface area (Å²) in [6, 6.07) is 20.1. The Balaban J connectivity index is 1.55. The van der Waals surface area contributed by atoms with Crippen molar-refractivity contribution < 1.29 is 0 Å². The Hall–Kier alpha value is -2.63. The number of hydrogen-bond acceptors (Lipinski definition) is 4. The normalized spacial score (nSPS) is 13.4. The molecular formula is C24H20N2OS2. The van der Waals surface area contributed by atoms with Gasteiger partial charge in [-0.3, -0.25) is 9.36 Å². The van der Waals surface area contributed by atoms with Gasteiger partial charge in [0.05, 0.1) is 11.1 Å². The van der Waals surface area contributed by atoms with Gasteiger partial charge in [0, 0.05) is 10.6 Å². The van der Waals surface area contributed by atoms with E-state index in [1.165, 1.54) is 16.0 Å². The molecule has 2 heterocycles. The third-order valence-corrected chi connectivity index (χ3v) is 7.22. The first-order chi connectivity index (χ1) is 14.3. The number of benzene rings is 2. The molecule has 0 fully saturated rings. The summed E-state index contributed by atoms with van der Waals surface area (Å²) in [5, 5.41) is 1.59. The highest BCUT2D eigenvalue weighted by molar-refractivity contribution is 7.99. The van der Waals surface area contributed by atoms with E-state index >= 15 is 0 Å². The van der Waals surface area contributed by atoms with Gasteiger partial charge in [-0.25, -0.2) is 4.98 Å². The highest BCUT2D eigenvalue weighted by Gasteiger charge is 2.23. The summed E-state index contributed by atoms with van der Waals surface area (Å²) in [5.74, 6) is 0.755. The van der Waals surface area contributed by atoms with Crippen molar-refractivity contribution in [1.82, 2.24) is 9.55 Å². The van der Waals surface area contributed by atoms with Crippen LogP contribution in [0.5, 0.6) is 0 Å². The molecule has 2 aromatic heterocycles. The lowest BCUT2D eigenvalue weighted by molar-refractivity contribution is 0.821. The van der Waals surface area contributed by atoms with E-state index in [1.807, 2.05) is 48.5 Å². The number of aromatic nitrogens is 2. The summed E-state index contributed by atoms with van der Waals surface area (Å²) in [5.41, 5.74) is 3.34. The van der Waals surface area contributed by atoms with Gasteiger partial charge in [0.1, 0.15) is 4.83 Å². The predicted molar refractivity (Wildman–Crippen MR) is 123 cm³/mol. The number of fused-ring (bicyclic) bond motifs is 3. The Morgan fingerprint density at radius 1 is 1.03 bits per heavy atom. The molecule has 0 unspecified atom stereocenters. The quantitative estimate of drug-likeness (QED) is 0.307. The first-order valence-electron chi connectivity index (χ1n) is 9.78. The predicted octanol–water partition coefficient (Wildman–Crippen LogP) is 5.74. The van der Waals surface area contributed by atoms with Gasteiger partial charge < -0.3 is 0 Å². The second-order valence-electron chi connectivity index (χ2n) is 7.03. The largest absolute Gasteiger partial charge is 0.268 e. The van der Waals surface area contributed by atoms with E-state index < -0.39 is 0 Å². The number of thiophene rings is 1. The van der Waals surface area contributed by atoms with Crippen molar-refractivity contribution in [2.75, 3.05) is 5.75 Å². The molecule has 5 rings (SSSR count). The standard InChI is InChI=1S/C24H20N2OS2/c27-23-21-19-14-7-15-20(19)29-22(21)25-24(26(23)18-12-5-2-6-13-18)28-16-8-11-17-9-3-1-4-10-17/h1-6,8-13H,7,14-16H2/b11-8+. The minimum Gasteiger partial charge on any atom is -0.268 e. The van der Waals surface area contributed by atoms with Crippen LogP contribution in [-0.4, -0.2) is 15.3 Å². The molecule has 0 bridgehead atoms. The zero-order valence-electron chi connectivity index (χ0n) is 15.9. The van der Waals surface area contributed by atoms with Gasteiger partial charge in [0.15, 0.2) is 5.16 Å². The van der Waals surface area contributed by atoms with Gasteiger partial charge in [-0.05, 0) is 42.5 Å².